The Bertz CT molecular complexity index is 646. The van der Waals surface area contributed by atoms with Gasteiger partial charge in [-0.15, -0.1) is 0 Å². The molecule has 0 bridgehead atoms. The summed E-state index contributed by atoms with van der Waals surface area (Å²) in [5.41, 5.74) is 1.32. The molecule has 0 radical (unpaired) electrons. The largest absolute Gasteiger partial charge is 0.496 e. The minimum Gasteiger partial charge on any atom is -0.496 e. The Labute approximate surface area is 154 Å². The van der Waals surface area contributed by atoms with Gasteiger partial charge in [-0.1, -0.05) is 25.4 Å². The average Bonchev–Trinajstić information content (AvgIpc) is 2.79. The van der Waals surface area contributed by atoms with Crippen LogP contribution in [0.3, 0.4) is 0 Å². The highest BCUT2D eigenvalue weighted by Crippen LogP contribution is 2.29. The summed E-state index contributed by atoms with van der Waals surface area (Å²) >= 11 is 6.13. The van der Waals surface area contributed by atoms with Crippen LogP contribution in [0.1, 0.15) is 42.6 Å². The summed E-state index contributed by atoms with van der Waals surface area (Å²) in [4.78, 5) is 28.9. The van der Waals surface area contributed by atoms with Crippen LogP contribution in [0.15, 0.2) is 12.1 Å². The zero-order valence-electron chi connectivity index (χ0n) is 15.5. The summed E-state index contributed by atoms with van der Waals surface area (Å²) in [7, 11) is 1.56. The van der Waals surface area contributed by atoms with Crippen molar-refractivity contribution in [2.24, 2.45) is 5.92 Å². The second-order valence-corrected chi connectivity index (χ2v) is 7.36. The van der Waals surface area contributed by atoms with Crippen molar-refractivity contribution >= 4 is 23.4 Å². The van der Waals surface area contributed by atoms with Gasteiger partial charge >= 0.3 is 0 Å². The predicted octanol–water partition coefficient (Wildman–Crippen LogP) is 3.38. The lowest BCUT2D eigenvalue weighted by atomic mass is 10.1. The molecule has 0 spiro atoms. The maximum Gasteiger partial charge on any atom is 0.257 e. The molecule has 0 saturated carbocycles. The zero-order chi connectivity index (χ0) is 18.6. The molecule has 5 nitrogen and oxygen atoms in total. The molecule has 2 amide bonds. The molecule has 6 heteroatoms. The number of benzene rings is 1. The van der Waals surface area contributed by atoms with Crippen molar-refractivity contribution in [3.05, 3.63) is 28.3 Å². The minimum absolute atomic E-state index is 0.0967. The van der Waals surface area contributed by atoms with Gasteiger partial charge in [-0.3, -0.25) is 9.59 Å². The Balaban J connectivity index is 2.13. The van der Waals surface area contributed by atoms with Gasteiger partial charge in [-0.25, -0.2) is 0 Å². The van der Waals surface area contributed by atoms with Gasteiger partial charge in [0, 0.05) is 37.6 Å². The first kappa shape index (κ1) is 19.6. The molecule has 138 valence electrons. The molecule has 0 aliphatic carbocycles. The van der Waals surface area contributed by atoms with Crippen LogP contribution in [0.2, 0.25) is 5.02 Å². The first-order valence-corrected chi connectivity index (χ1v) is 9.12. The topological polar surface area (TPSA) is 49.9 Å². The highest BCUT2D eigenvalue weighted by atomic mass is 35.5. The second kappa shape index (κ2) is 8.56. The van der Waals surface area contributed by atoms with Crippen molar-refractivity contribution in [1.82, 2.24) is 9.80 Å². The molecule has 1 aromatic rings. The minimum atomic E-state index is -0.0967. The van der Waals surface area contributed by atoms with Crippen LogP contribution in [0, 0.1) is 12.8 Å². The molecule has 1 aliphatic heterocycles. The monoisotopic (exact) mass is 366 g/mol. The van der Waals surface area contributed by atoms with Crippen molar-refractivity contribution in [3.8, 4) is 5.75 Å². The summed E-state index contributed by atoms with van der Waals surface area (Å²) in [6, 6.07) is 3.44. The number of carbonyl (C=O) groups is 2. The van der Waals surface area contributed by atoms with E-state index in [0.717, 1.165) is 12.0 Å². The molecule has 1 saturated heterocycles. The molecule has 1 aromatic carbocycles. The Morgan fingerprint density at radius 2 is 1.80 bits per heavy atom. The van der Waals surface area contributed by atoms with E-state index >= 15 is 0 Å². The summed E-state index contributed by atoms with van der Waals surface area (Å²) in [6.07, 6.45) is 1.33. The Hall–Kier alpha value is -1.75. The van der Waals surface area contributed by atoms with E-state index < -0.39 is 0 Å². The molecule has 0 unspecified atom stereocenters. The predicted molar refractivity (Wildman–Crippen MR) is 99.3 cm³/mol. The molecule has 1 fully saturated rings. The van der Waals surface area contributed by atoms with Crippen molar-refractivity contribution in [3.63, 3.8) is 0 Å². The number of methoxy groups -OCH3 is 1. The van der Waals surface area contributed by atoms with E-state index in [-0.39, 0.29) is 11.8 Å². The number of rotatable bonds is 4. The van der Waals surface area contributed by atoms with Crippen molar-refractivity contribution in [2.45, 2.75) is 33.6 Å². The van der Waals surface area contributed by atoms with E-state index in [1.807, 2.05) is 25.7 Å². The fraction of sp³-hybridized carbons (Fsp3) is 0.579. The third-order valence-electron chi connectivity index (χ3n) is 4.39. The van der Waals surface area contributed by atoms with Crippen LogP contribution in [0.25, 0.3) is 0 Å². The first-order chi connectivity index (χ1) is 11.8. The van der Waals surface area contributed by atoms with Gasteiger partial charge in [0.15, 0.2) is 0 Å². The molecule has 1 aliphatic rings. The lowest BCUT2D eigenvalue weighted by molar-refractivity contribution is -0.131. The van der Waals surface area contributed by atoms with Crippen LogP contribution in [-0.4, -0.2) is 54.9 Å². The second-order valence-electron chi connectivity index (χ2n) is 6.93. The highest BCUT2D eigenvalue weighted by Gasteiger charge is 2.25. The van der Waals surface area contributed by atoms with Gasteiger partial charge in [0.25, 0.3) is 5.91 Å². The molecular formula is C19H27ClN2O3. The quantitative estimate of drug-likeness (QED) is 0.820. The van der Waals surface area contributed by atoms with E-state index in [1.54, 1.807) is 24.1 Å². The summed E-state index contributed by atoms with van der Waals surface area (Å²) in [6.45, 7) is 8.37. The lowest BCUT2D eigenvalue weighted by Gasteiger charge is -2.24. The van der Waals surface area contributed by atoms with Crippen LogP contribution in [0.4, 0.5) is 0 Å². The molecule has 0 aromatic heterocycles. The Kier molecular flexibility index (Phi) is 6.71. The van der Waals surface area contributed by atoms with Crippen LogP contribution in [0.5, 0.6) is 5.75 Å². The Morgan fingerprint density at radius 3 is 2.44 bits per heavy atom. The summed E-state index contributed by atoms with van der Waals surface area (Å²) in [5, 5.41) is 0.519. The smallest absolute Gasteiger partial charge is 0.257 e. The maximum atomic E-state index is 13.0. The van der Waals surface area contributed by atoms with Crippen LogP contribution < -0.4 is 4.74 Å². The normalized spacial score (nSPS) is 15.3. The molecule has 25 heavy (non-hydrogen) atoms. The number of carbonyl (C=O) groups excluding carboxylic acids is 2. The lowest BCUT2D eigenvalue weighted by Crippen LogP contribution is -2.37. The fourth-order valence-electron chi connectivity index (χ4n) is 3.18. The SMILES string of the molecule is COc1c(C)cc(Cl)cc1C(=O)N1CCCN(C(=O)CC(C)C)CC1. The number of hydrogen-bond donors (Lipinski definition) is 0. The van der Waals surface area contributed by atoms with E-state index in [0.29, 0.717) is 54.9 Å². The number of nitrogens with zero attached hydrogens (tertiary/aromatic N) is 2. The van der Waals surface area contributed by atoms with E-state index in [9.17, 15) is 9.59 Å². The van der Waals surface area contributed by atoms with Crippen molar-refractivity contribution in [2.75, 3.05) is 33.3 Å². The number of hydrogen-bond acceptors (Lipinski definition) is 3. The average molecular weight is 367 g/mol. The van der Waals surface area contributed by atoms with Gasteiger partial charge in [0.05, 0.1) is 12.7 Å². The standard InChI is InChI=1S/C19H27ClN2O3/c1-13(2)10-17(23)21-6-5-7-22(9-8-21)19(24)16-12-15(20)11-14(3)18(16)25-4/h11-13H,5-10H2,1-4H3. The summed E-state index contributed by atoms with van der Waals surface area (Å²) < 4.78 is 5.41. The fourth-order valence-corrected chi connectivity index (χ4v) is 3.45. The molecule has 0 N–H and O–H groups in total. The van der Waals surface area contributed by atoms with Gasteiger partial charge in [0.2, 0.25) is 5.91 Å². The maximum absolute atomic E-state index is 13.0. The highest BCUT2D eigenvalue weighted by molar-refractivity contribution is 6.31. The van der Waals surface area contributed by atoms with Gasteiger partial charge in [-0.2, -0.15) is 0 Å². The van der Waals surface area contributed by atoms with Crippen LogP contribution in [-0.2, 0) is 4.79 Å². The Morgan fingerprint density at radius 1 is 1.16 bits per heavy atom. The molecule has 1 heterocycles. The number of ether oxygens (including phenoxy) is 1. The van der Waals surface area contributed by atoms with Gasteiger partial charge in [-0.05, 0) is 37.0 Å². The van der Waals surface area contributed by atoms with Gasteiger partial charge < -0.3 is 14.5 Å². The van der Waals surface area contributed by atoms with E-state index in [4.69, 9.17) is 16.3 Å². The number of halogens is 1. The van der Waals surface area contributed by atoms with Gasteiger partial charge in [0.1, 0.15) is 5.75 Å². The summed E-state index contributed by atoms with van der Waals surface area (Å²) in [5.74, 6) is 0.972. The third kappa shape index (κ3) is 4.88. The zero-order valence-corrected chi connectivity index (χ0v) is 16.2. The van der Waals surface area contributed by atoms with Crippen molar-refractivity contribution in [1.29, 1.82) is 0 Å². The van der Waals surface area contributed by atoms with Crippen LogP contribution >= 0.6 is 11.6 Å². The molecular weight excluding hydrogens is 340 g/mol. The van der Waals surface area contributed by atoms with E-state index in [2.05, 4.69) is 0 Å². The first-order valence-electron chi connectivity index (χ1n) is 8.74. The molecule has 0 atom stereocenters. The number of amides is 2. The third-order valence-corrected chi connectivity index (χ3v) is 4.61. The van der Waals surface area contributed by atoms with Crippen molar-refractivity contribution < 1.29 is 14.3 Å². The molecule has 2 rings (SSSR count). The van der Waals surface area contributed by atoms with E-state index in [1.165, 1.54) is 0 Å². The number of aryl methyl sites for hydroxylation is 1.